The number of likely N-dealkylation sites (tertiary alicyclic amines) is 2. The summed E-state index contributed by atoms with van der Waals surface area (Å²) in [7, 11) is 1.29. The third kappa shape index (κ3) is 4.21. The van der Waals surface area contributed by atoms with E-state index in [4.69, 9.17) is 16.0 Å². The number of carbonyl (C=O) groups excluding carboxylic acids is 3. The lowest BCUT2D eigenvalue weighted by Gasteiger charge is -2.31. The van der Waals surface area contributed by atoms with Crippen molar-refractivity contribution in [2.75, 3.05) is 20.2 Å². The first-order valence-corrected chi connectivity index (χ1v) is 8.42. The molecule has 0 aromatic heterocycles. The summed E-state index contributed by atoms with van der Waals surface area (Å²) in [6.45, 7) is 13.1. The minimum atomic E-state index is -0.779. The fraction of sp³-hybridized carbons (Fsp3) is 0.765. The first kappa shape index (κ1) is 19.0. The number of amides is 2. The molecular weight excluding hydrogens is 326 g/mol. The van der Waals surface area contributed by atoms with Gasteiger partial charge >= 0.3 is 12.1 Å². The number of hydrogen-bond donors (Lipinski definition) is 0. The number of rotatable bonds is 2. The molecule has 0 unspecified atom stereocenters. The van der Waals surface area contributed by atoms with Gasteiger partial charge in [-0.3, -0.25) is 9.69 Å². The summed E-state index contributed by atoms with van der Waals surface area (Å²) in [6.07, 6.45) is 0.901. The van der Waals surface area contributed by atoms with Gasteiger partial charge in [0.1, 0.15) is 24.2 Å². The summed E-state index contributed by atoms with van der Waals surface area (Å²) in [5.41, 5.74) is -0.691. The van der Waals surface area contributed by atoms with Crippen LogP contribution in [0.2, 0.25) is 0 Å². The highest BCUT2D eigenvalue weighted by Gasteiger charge is 2.48. The Balaban J connectivity index is 2.19. The number of carbonyl (C=O) groups is 3. The second-order valence-electron chi connectivity index (χ2n) is 7.38. The zero-order valence-corrected chi connectivity index (χ0v) is 15.2. The third-order valence-electron chi connectivity index (χ3n) is 4.38. The smallest absolute Gasteiger partial charge is 0.411 e. The van der Waals surface area contributed by atoms with Crippen LogP contribution in [-0.4, -0.2) is 71.7 Å². The Morgan fingerprint density at radius 1 is 1.16 bits per heavy atom. The molecule has 0 radical (unpaired) electrons. The number of ether oxygens (including phenoxy) is 2. The molecule has 2 aliphatic rings. The predicted molar refractivity (Wildman–Crippen MR) is 88.5 cm³/mol. The minimum Gasteiger partial charge on any atom is -0.467 e. The van der Waals surface area contributed by atoms with Crippen molar-refractivity contribution >= 4 is 18.0 Å². The van der Waals surface area contributed by atoms with Gasteiger partial charge in [-0.15, -0.1) is 0 Å². The molecule has 0 aromatic carbocycles. The van der Waals surface area contributed by atoms with Crippen LogP contribution in [0.5, 0.6) is 0 Å². The SMILES string of the molecule is [C-]#[N+][C@@H]1C[C@@H](C(=O)N2CCC[C@H]2C(=O)OC)N(C(=O)OC(C)(C)C)C1. The molecule has 2 rings (SSSR count). The summed E-state index contributed by atoms with van der Waals surface area (Å²) in [5.74, 6) is -0.765. The number of hydrogen-bond acceptors (Lipinski definition) is 5. The highest BCUT2D eigenvalue weighted by Crippen LogP contribution is 2.28. The van der Waals surface area contributed by atoms with Crippen molar-refractivity contribution in [3.8, 4) is 0 Å². The molecule has 8 heteroatoms. The summed E-state index contributed by atoms with van der Waals surface area (Å²) in [6, 6.07) is -1.84. The number of esters is 1. The van der Waals surface area contributed by atoms with Crippen LogP contribution < -0.4 is 0 Å². The lowest BCUT2D eigenvalue weighted by Crippen LogP contribution is -2.51. The molecular formula is C17H25N3O5. The molecule has 0 bridgehead atoms. The van der Waals surface area contributed by atoms with E-state index in [1.165, 1.54) is 16.9 Å². The van der Waals surface area contributed by atoms with Gasteiger partial charge in [0.25, 0.3) is 0 Å². The van der Waals surface area contributed by atoms with Gasteiger partial charge in [-0.2, -0.15) is 0 Å². The van der Waals surface area contributed by atoms with Crippen LogP contribution in [0, 0.1) is 6.57 Å². The predicted octanol–water partition coefficient (Wildman–Crippen LogP) is 1.45. The van der Waals surface area contributed by atoms with Gasteiger partial charge in [-0.05, 0) is 33.6 Å². The fourth-order valence-electron chi connectivity index (χ4n) is 3.27. The van der Waals surface area contributed by atoms with Crippen molar-refractivity contribution in [1.29, 1.82) is 0 Å². The average Bonchev–Trinajstić information content (AvgIpc) is 3.18. The lowest BCUT2D eigenvalue weighted by molar-refractivity contribution is -0.152. The van der Waals surface area contributed by atoms with Gasteiger partial charge in [0, 0.05) is 6.54 Å². The van der Waals surface area contributed by atoms with Crippen LogP contribution in [0.4, 0.5) is 4.79 Å². The summed E-state index contributed by atoms with van der Waals surface area (Å²) < 4.78 is 10.1. The van der Waals surface area contributed by atoms with E-state index in [-0.39, 0.29) is 18.9 Å². The van der Waals surface area contributed by atoms with Crippen LogP contribution in [-0.2, 0) is 19.1 Å². The Morgan fingerprint density at radius 3 is 2.40 bits per heavy atom. The van der Waals surface area contributed by atoms with Crippen LogP contribution in [0.1, 0.15) is 40.0 Å². The highest BCUT2D eigenvalue weighted by molar-refractivity contribution is 5.90. The highest BCUT2D eigenvalue weighted by atomic mass is 16.6. The summed E-state index contributed by atoms with van der Waals surface area (Å²) in [4.78, 5) is 43.6. The zero-order valence-electron chi connectivity index (χ0n) is 15.2. The van der Waals surface area contributed by atoms with Crippen molar-refractivity contribution in [1.82, 2.24) is 9.80 Å². The molecule has 0 spiro atoms. The van der Waals surface area contributed by atoms with Gasteiger partial charge in [-0.1, -0.05) is 0 Å². The van der Waals surface area contributed by atoms with E-state index in [0.29, 0.717) is 19.4 Å². The van der Waals surface area contributed by atoms with E-state index in [1.807, 2.05) is 0 Å². The first-order valence-electron chi connectivity index (χ1n) is 8.42. The van der Waals surface area contributed by atoms with E-state index >= 15 is 0 Å². The van der Waals surface area contributed by atoms with Gasteiger partial charge in [0.15, 0.2) is 0 Å². The summed E-state index contributed by atoms with van der Waals surface area (Å²) in [5, 5.41) is 0. The Bertz CT molecular complexity index is 592. The van der Waals surface area contributed by atoms with Crippen molar-refractivity contribution in [3.63, 3.8) is 0 Å². The molecule has 2 fully saturated rings. The molecule has 8 nitrogen and oxygen atoms in total. The van der Waals surface area contributed by atoms with Crippen LogP contribution in [0.25, 0.3) is 4.85 Å². The molecule has 25 heavy (non-hydrogen) atoms. The molecule has 3 atom stereocenters. The van der Waals surface area contributed by atoms with Crippen LogP contribution in [0.3, 0.4) is 0 Å². The van der Waals surface area contributed by atoms with Gasteiger partial charge < -0.3 is 19.2 Å². The second kappa shape index (κ2) is 7.30. The van der Waals surface area contributed by atoms with Gasteiger partial charge in [0.05, 0.1) is 13.5 Å². The Kier molecular flexibility index (Phi) is 5.55. The van der Waals surface area contributed by atoms with E-state index < -0.39 is 35.8 Å². The molecule has 0 aromatic rings. The quantitative estimate of drug-likeness (QED) is 0.556. The molecule has 2 saturated heterocycles. The first-order chi connectivity index (χ1) is 11.7. The zero-order chi connectivity index (χ0) is 18.8. The van der Waals surface area contributed by atoms with Crippen LogP contribution >= 0.6 is 0 Å². The van der Waals surface area contributed by atoms with Crippen LogP contribution in [0.15, 0.2) is 0 Å². The normalized spacial score (nSPS) is 26.3. The minimum absolute atomic E-state index is 0.158. The molecule has 2 amide bonds. The lowest BCUT2D eigenvalue weighted by atomic mass is 10.1. The van der Waals surface area contributed by atoms with E-state index in [9.17, 15) is 14.4 Å². The van der Waals surface area contributed by atoms with Crippen molar-refractivity contribution in [2.24, 2.45) is 0 Å². The number of methoxy groups -OCH3 is 1. The summed E-state index contributed by atoms with van der Waals surface area (Å²) >= 11 is 0. The number of nitrogens with zero attached hydrogens (tertiary/aromatic N) is 3. The maximum Gasteiger partial charge on any atom is 0.411 e. The Morgan fingerprint density at radius 2 is 1.84 bits per heavy atom. The molecule has 0 saturated carbocycles. The van der Waals surface area contributed by atoms with Crippen molar-refractivity contribution < 1.29 is 23.9 Å². The maximum atomic E-state index is 13.0. The van der Waals surface area contributed by atoms with Gasteiger partial charge in [-0.25, -0.2) is 16.2 Å². The van der Waals surface area contributed by atoms with Gasteiger partial charge in [0.2, 0.25) is 11.9 Å². The molecule has 0 N–H and O–H groups in total. The largest absolute Gasteiger partial charge is 0.467 e. The Labute approximate surface area is 147 Å². The van der Waals surface area contributed by atoms with Crippen molar-refractivity contribution in [3.05, 3.63) is 11.4 Å². The average molecular weight is 351 g/mol. The molecule has 2 aliphatic heterocycles. The monoisotopic (exact) mass is 351 g/mol. The molecule has 138 valence electrons. The second-order valence-corrected chi connectivity index (χ2v) is 7.38. The maximum absolute atomic E-state index is 13.0. The van der Waals surface area contributed by atoms with E-state index in [1.54, 1.807) is 20.8 Å². The fourth-order valence-corrected chi connectivity index (χ4v) is 3.27. The third-order valence-corrected chi connectivity index (χ3v) is 4.38. The van der Waals surface area contributed by atoms with Crippen molar-refractivity contribution in [2.45, 2.75) is 63.8 Å². The molecule has 2 heterocycles. The Hall–Kier alpha value is -2.30. The molecule has 0 aliphatic carbocycles. The standard InChI is InChI=1S/C17H25N3O5/c1-17(2,3)25-16(23)20-10-11(18-4)9-13(20)14(21)19-8-6-7-12(19)15(22)24-5/h11-13H,6-10H2,1-3,5H3/t11-,12+,13+/m1/s1. The van der Waals surface area contributed by atoms with E-state index in [2.05, 4.69) is 4.85 Å². The van der Waals surface area contributed by atoms with E-state index in [0.717, 1.165) is 0 Å². The topological polar surface area (TPSA) is 80.5 Å².